The van der Waals surface area contributed by atoms with E-state index in [4.69, 9.17) is 28.9 Å². The van der Waals surface area contributed by atoms with Crippen molar-refractivity contribution >= 4 is 45.4 Å². The summed E-state index contributed by atoms with van der Waals surface area (Å²) in [7, 11) is 0. The number of rotatable bonds is 5. The van der Waals surface area contributed by atoms with E-state index in [-0.39, 0.29) is 32.1 Å². The van der Waals surface area contributed by atoms with Gasteiger partial charge in [0.2, 0.25) is 11.4 Å². The van der Waals surface area contributed by atoms with Crippen LogP contribution in [0.2, 0.25) is 10.0 Å². The lowest BCUT2D eigenvalue weighted by molar-refractivity contribution is -0.240. The van der Waals surface area contributed by atoms with Crippen LogP contribution < -0.4 is 11.4 Å². The van der Waals surface area contributed by atoms with Gasteiger partial charge in [-0.05, 0) is 55.2 Å². The molecule has 3 rings (SSSR count). The number of nitrogens with zero attached hydrogens (tertiary/aromatic N) is 1. The number of carbonyl (C=O) groups is 1. The quantitative estimate of drug-likeness (QED) is 0.384. The predicted molar refractivity (Wildman–Crippen MR) is 114 cm³/mol. The van der Waals surface area contributed by atoms with Crippen LogP contribution in [0.1, 0.15) is 40.9 Å². The molecule has 2 aromatic carbocycles. The van der Waals surface area contributed by atoms with Crippen LogP contribution in [-0.2, 0) is 0 Å². The molecule has 32 heavy (non-hydrogen) atoms. The van der Waals surface area contributed by atoms with Gasteiger partial charge in [-0.25, -0.2) is 4.79 Å². The average molecular weight is 489 g/mol. The van der Waals surface area contributed by atoms with E-state index in [1.54, 1.807) is 0 Å². The van der Waals surface area contributed by atoms with E-state index >= 15 is 0 Å². The number of halogens is 5. The molecule has 2 atom stereocenters. The Morgan fingerprint density at radius 2 is 1.91 bits per heavy atom. The minimum atomic E-state index is -5.34. The smallest absolute Gasteiger partial charge is 0.398 e. The van der Waals surface area contributed by atoms with Gasteiger partial charge in [0, 0.05) is 21.0 Å². The fourth-order valence-corrected chi connectivity index (χ4v) is 4.07. The molecule has 11 heteroatoms. The van der Waals surface area contributed by atoms with Gasteiger partial charge >= 0.3 is 11.8 Å². The first-order valence-electron chi connectivity index (χ1n) is 9.25. The minimum Gasteiger partial charge on any atom is -0.398 e. The average Bonchev–Trinajstić information content (AvgIpc) is 2.71. The number of fused-ring (bicyclic) bond motifs is 1. The van der Waals surface area contributed by atoms with Crippen LogP contribution in [0.15, 0.2) is 39.6 Å². The van der Waals surface area contributed by atoms with Crippen LogP contribution in [-0.4, -0.2) is 27.8 Å². The van der Waals surface area contributed by atoms with Crippen LogP contribution in [0.5, 0.6) is 0 Å². The molecule has 1 aromatic heterocycles. The maximum Gasteiger partial charge on any atom is 0.424 e. The summed E-state index contributed by atoms with van der Waals surface area (Å²) in [5.41, 5.74) is 0.616. The van der Waals surface area contributed by atoms with Crippen molar-refractivity contribution in [3.63, 3.8) is 0 Å². The van der Waals surface area contributed by atoms with Crippen LogP contribution in [0.3, 0.4) is 0 Å². The number of aliphatic hydroxyl groups is 1. The Balaban J connectivity index is 2.13. The van der Waals surface area contributed by atoms with Gasteiger partial charge < -0.3 is 15.4 Å². The molecule has 0 aliphatic heterocycles. The van der Waals surface area contributed by atoms with Crippen LogP contribution in [0, 0.1) is 6.92 Å². The molecule has 0 saturated carbocycles. The van der Waals surface area contributed by atoms with E-state index < -0.39 is 46.8 Å². The van der Waals surface area contributed by atoms with Gasteiger partial charge in [-0.3, -0.25) is 4.79 Å². The molecule has 0 saturated heterocycles. The van der Waals surface area contributed by atoms with Gasteiger partial charge in [-0.1, -0.05) is 35.3 Å². The summed E-state index contributed by atoms with van der Waals surface area (Å²) in [6.45, 7) is 2.79. The lowest BCUT2D eigenvalue weighted by Gasteiger charge is -2.32. The van der Waals surface area contributed by atoms with Gasteiger partial charge in [0.05, 0.1) is 16.8 Å². The molecule has 3 N–H and O–H groups in total. The minimum absolute atomic E-state index is 0.0254. The fraction of sp³-hybridized carbons (Fsp3) is 0.286. The van der Waals surface area contributed by atoms with Gasteiger partial charge in [0.15, 0.2) is 0 Å². The molecule has 2 unspecified atom stereocenters. The molecule has 0 aliphatic rings. The number of aromatic nitrogens is 1. The highest BCUT2D eigenvalue weighted by atomic mass is 35.5. The van der Waals surface area contributed by atoms with Crippen molar-refractivity contribution in [1.29, 1.82) is 0 Å². The van der Waals surface area contributed by atoms with Crippen molar-refractivity contribution in [3.05, 3.63) is 67.6 Å². The third kappa shape index (κ3) is 4.07. The lowest BCUT2D eigenvalue weighted by atomic mass is 9.81. The summed E-state index contributed by atoms with van der Waals surface area (Å²) in [6, 6.07) is 6.29. The number of aryl methyl sites for hydroxylation is 1. The second-order valence-corrected chi connectivity index (χ2v) is 8.31. The Morgan fingerprint density at radius 3 is 2.53 bits per heavy atom. The molecule has 0 bridgehead atoms. The molecule has 0 aliphatic carbocycles. The second kappa shape index (κ2) is 8.38. The molecule has 6 nitrogen and oxygen atoms in total. The molecule has 0 fully saturated rings. The first-order valence-corrected chi connectivity index (χ1v) is 10.0. The number of nitrogens with two attached hydrogens (primary N) is 1. The van der Waals surface area contributed by atoms with Crippen molar-refractivity contribution in [2.24, 2.45) is 0 Å². The van der Waals surface area contributed by atoms with Crippen LogP contribution >= 0.6 is 23.2 Å². The van der Waals surface area contributed by atoms with Crippen LogP contribution in [0.4, 0.5) is 18.9 Å². The molecule has 0 spiro atoms. The summed E-state index contributed by atoms with van der Waals surface area (Å²) >= 11 is 12.0. The molecule has 3 aromatic rings. The topological polar surface area (TPSA) is 106 Å². The summed E-state index contributed by atoms with van der Waals surface area (Å²) in [4.78, 5) is 24.9. The molecular formula is C21H17Cl2F3N2O4. The SMILES string of the molecule is Cc1noc(=O)c2ccc(C(=O)C(O)(CC(C)c3cc(Cl)ccc3Cl)C(F)(F)F)c(N)c12. The Hall–Kier alpha value is -2.62. The van der Waals surface area contributed by atoms with E-state index in [1.165, 1.54) is 32.0 Å². The number of carbonyl (C=O) groups excluding carboxylic acids is 1. The van der Waals surface area contributed by atoms with E-state index in [0.717, 1.165) is 12.1 Å². The number of ketones is 1. The molecule has 0 amide bonds. The number of nitrogen functional groups attached to an aromatic ring is 1. The highest BCUT2D eigenvalue weighted by molar-refractivity contribution is 6.33. The number of hydrogen-bond donors (Lipinski definition) is 2. The largest absolute Gasteiger partial charge is 0.424 e. The van der Waals surface area contributed by atoms with Gasteiger partial charge in [-0.2, -0.15) is 13.2 Å². The highest BCUT2D eigenvalue weighted by Crippen LogP contribution is 2.43. The number of alkyl halides is 3. The van der Waals surface area contributed by atoms with Crippen molar-refractivity contribution in [3.8, 4) is 0 Å². The Morgan fingerprint density at radius 1 is 1.25 bits per heavy atom. The lowest BCUT2D eigenvalue weighted by Crippen LogP contribution is -2.53. The van der Waals surface area contributed by atoms with Crippen LogP contribution in [0.25, 0.3) is 10.8 Å². The molecule has 1 heterocycles. The van der Waals surface area contributed by atoms with Gasteiger partial charge in [-0.15, -0.1) is 0 Å². The molecular weight excluding hydrogens is 472 g/mol. The summed E-state index contributed by atoms with van der Waals surface area (Å²) in [6.07, 6.45) is -6.38. The summed E-state index contributed by atoms with van der Waals surface area (Å²) < 4.78 is 46.7. The zero-order chi connectivity index (χ0) is 24.0. The molecule has 170 valence electrons. The first kappa shape index (κ1) is 24.0. The first-order chi connectivity index (χ1) is 14.8. The van der Waals surface area contributed by atoms with Gasteiger partial charge in [0.25, 0.3) is 0 Å². The fourth-order valence-electron chi connectivity index (χ4n) is 3.59. The number of benzene rings is 2. The van der Waals surface area contributed by atoms with Crippen molar-refractivity contribution in [1.82, 2.24) is 5.16 Å². The zero-order valence-electron chi connectivity index (χ0n) is 16.8. The summed E-state index contributed by atoms with van der Waals surface area (Å²) in [5.74, 6) is -2.67. The van der Waals surface area contributed by atoms with E-state index in [2.05, 4.69) is 9.68 Å². The van der Waals surface area contributed by atoms with Gasteiger partial charge in [0.1, 0.15) is 0 Å². The molecule has 0 radical (unpaired) electrons. The second-order valence-electron chi connectivity index (χ2n) is 7.46. The summed E-state index contributed by atoms with van der Waals surface area (Å²) in [5, 5.41) is 14.5. The Kier molecular flexibility index (Phi) is 6.29. The Labute approximate surface area is 189 Å². The van der Waals surface area contributed by atoms with Crippen molar-refractivity contribution in [2.45, 2.75) is 38.0 Å². The normalized spacial score (nSPS) is 14.9. The standard InChI is InChI=1S/C21H17Cl2F3N2O4/c1-9(14-7-11(22)3-6-15(14)23)8-20(31,21(24,25)26)18(29)13-5-4-12-16(17(13)27)10(2)28-32-19(12)30/h3-7,9,31H,8,27H2,1-2H3. The van der Waals surface area contributed by atoms with E-state index in [0.29, 0.717) is 0 Å². The van der Waals surface area contributed by atoms with E-state index in [9.17, 15) is 27.9 Å². The maximum atomic E-state index is 14.0. The Bertz CT molecular complexity index is 1280. The highest BCUT2D eigenvalue weighted by Gasteiger charge is 2.60. The van der Waals surface area contributed by atoms with Crippen molar-refractivity contribution in [2.75, 3.05) is 5.73 Å². The number of hydrogen-bond acceptors (Lipinski definition) is 6. The van der Waals surface area contributed by atoms with E-state index in [1.807, 2.05) is 0 Å². The number of anilines is 1. The zero-order valence-corrected chi connectivity index (χ0v) is 18.3. The third-order valence-electron chi connectivity index (χ3n) is 5.27. The maximum absolute atomic E-state index is 14.0. The third-order valence-corrected chi connectivity index (χ3v) is 5.85. The monoisotopic (exact) mass is 488 g/mol. The van der Waals surface area contributed by atoms with Crippen molar-refractivity contribution < 1.29 is 27.6 Å². The number of Topliss-reactive ketones (excluding diaryl/α,β-unsaturated/α-hetero) is 1. The predicted octanol–water partition coefficient (Wildman–Crippen LogP) is 5.06.